The second kappa shape index (κ2) is 8.06. The van der Waals surface area contributed by atoms with Crippen LogP contribution in [0, 0.1) is 17.6 Å². The molecule has 0 aliphatic rings. The summed E-state index contributed by atoms with van der Waals surface area (Å²) in [6, 6.07) is 4.61. The molecule has 0 radical (unpaired) electrons. The van der Waals surface area contributed by atoms with Gasteiger partial charge in [0.15, 0.2) is 11.6 Å². The Balaban J connectivity index is 1.73. The summed E-state index contributed by atoms with van der Waals surface area (Å²) in [4.78, 5) is 38.3. The van der Waals surface area contributed by atoms with E-state index in [0.717, 1.165) is 16.8 Å². The van der Waals surface area contributed by atoms with Crippen LogP contribution >= 0.6 is 11.3 Å². The van der Waals surface area contributed by atoms with Crippen molar-refractivity contribution in [3.8, 4) is 0 Å². The smallest absolute Gasteiger partial charge is 0.324 e. The third-order valence-electron chi connectivity index (χ3n) is 4.82. The maximum absolute atomic E-state index is 13.4. The van der Waals surface area contributed by atoms with Crippen molar-refractivity contribution in [1.82, 2.24) is 18.7 Å². The standard InChI is InChI=1S/C20H19F2N5O3S/c1-11(2)5-7-25-18(29)17-15(6-8-31-17)27-19(25)24-26(20(27)30)10-16(28)23-12-3-4-13(21)14(22)9-12/h3-4,6,8-9,11H,5,7,10H2,1-2H3,(H,23,28). The van der Waals surface area contributed by atoms with Crippen LogP contribution in [0.2, 0.25) is 0 Å². The Bertz CT molecular complexity index is 1420. The number of carbonyl (C=O) groups is 1. The van der Waals surface area contributed by atoms with Crippen molar-refractivity contribution in [3.05, 3.63) is 62.1 Å². The normalized spacial score (nSPS) is 11.6. The molecule has 0 fully saturated rings. The van der Waals surface area contributed by atoms with Gasteiger partial charge in [-0.1, -0.05) is 13.8 Å². The van der Waals surface area contributed by atoms with Gasteiger partial charge in [-0.3, -0.25) is 14.2 Å². The van der Waals surface area contributed by atoms with Crippen molar-refractivity contribution < 1.29 is 13.6 Å². The van der Waals surface area contributed by atoms with Crippen LogP contribution in [-0.2, 0) is 17.9 Å². The second-order valence-electron chi connectivity index (χ2n) is 7.53. The van der Waals surface area contributed by atoms with Crippen LogP contribution in [-0.4, -0.2) is 24.7 Å². The molecule has 8 nitrogen and oxygen atoms in total. The second-order valence-corrected chi connectivity index (χ2v) is 8.44. The topological polar surface area (TPSA) is 90.4 Å². The number of aromatic nitrogens is 4. The summed E-state index contributed by atoms with van der Waals surface area (Å²) in [6.07, 6.45) is 0.712. The predicted molar refractivity (Wildman–Crippen MR) is 114 cm³/mol. The number of fused-ring (bicyclic) bond motifs is 3. The van der Waals surface area contributed by atoms with Gasteiger partial charge in [0.2, 0.25) is 11.7 Å². The summed E-state index contributed by atoms with van der Waals surface area (Å²) in [6.45, 7) is 3.98. The maximum atomic E-state index is 13.4. The fraction of sp³-hybridized carbons (Fsp3) is 0.300. The highest BCUT2D eigenvalue weighted by Gasteiger charge is 2.19. The quantitative estimate of drug-likeness (QED) is 0.492. The van der Waals surface area contributed by atoms with Crippen LogP contribution in [0.25, 0.3) is 16.0 Å². The van der Waals surface area contributed by atoms with E-state index < -0.39 is 29.8 Å². The molecule has 11 heteroatoms. The van der Waals surface area contributed by atoms with Gasteiger partial charge in [-0.25, -0.2) is 22.7 Å². The average molecular weight is 447 g/mol. The Labute approximate surface area is 178 Å². The molecule has 1 N–H and O–H groups in total. The molecular weight excluding hydrogens is 428 g/mol. The zero-order valence-corrected chi connectivity index (χ0v) is 17.6. The molecule has 162 valence electrons. The summed E-state index contributed by atoms with van der Waals surface area (Å²) >= 11 is 1.24. The van der Waals surface area contributed by atoms with Gasteiger partial charge in [0, 0.05) is 18.3 Å². The lowest BCUT2D eigenvalue weighted by molar-refractivity contribution is -0.117. The number of halogens is 2. The van der Waals surface area contributed by atoms with E-state index in [1.807, 2.05) is 13.8 Å². The summed E-state index contributed by atoms with van der Waals surface area (Å²) in [5, 5.41) is 8.36. The van der Waals surface area contributed by atoms with E-state index in [4.69, 9.17) is 0 Å². The van der Waals surface area contributed by atoms with Crippen LogP contribution in [0.15, 0.2) is 39.2 Å². The van der Waals surface area contributed by atoms with Crippen LogP contribution in [0.4, 0.5) is 14.5 Å². The van der Waals surface area contributed by atoms with Gasteiger partial charge < -0.3 is 5.32 Å². The van der Waals surface area contributed by atoms with Crippen LogP contribution in [0.3, 0.4) is 0 Å². The number of hydrogen-bond acceptors (Lipinski definition) is 5. The Hall–Kier alpha value is -3.34. The van der Waals surface area contributed by atoms with Gasteiger partial charge >= 0.3 is 5.69 Å². The lowest BCUT2D eigenvalue weighted by atomic mass is 10.1. The Morgan fingerprint density at radius 3 is 2.68 bits per heavy atom. The first-order chi connectivity index (χ1) is 14.8. The number of benzene rings is 1. The van der Waals surface area contributed by atoms with Crippen LogP contribution in [0.5, 0.6) is 0 Å². The molecule has 0 aliphatic carbocycles. The molecule has 0 saturated heterocycles. The summed E-state index contributed by atoms with van der Waals surface area (Å²) in [7, 11) is 0. The van der Waals surface area contributed by atoms with E-state index in [1.54, 1.807) is 11.4 Å². The monoisotopic (exact) mass is 447 g/mol. The van der Waals surface area contributed by atoms with E-state index in [0.29, 0.717) is 29.1 Å². The lowest BCUT2D eigenvalue weighted by Gasteiger charge is -2.09. The van der Waals surface area contributed by atoms with Gasteiger partial charge in [0.25, 0.3) is 5.56 Å². The van der Waals surface area contributed by atoms with Crippen LogP contribution in [0.1, 0.15) is 20.3 Å². The number of amides is 1. The van der Waals surface area contributed by atoms with E-state index >= 15 is 0 Å². The number of aryl methyl sites for hydroxylation is 1. The maximum Gasteiger partial charge on any atom is 0.352 e. The minimum absolute atomic E-state index is 0.0507. The van der Waals surface area contributed by atoms with Gasteiger partial charge in [0.05, 0.1) is 5.52 Å². The van der Waals surface area contributed by atoms with E-state index in [9.17, 15) is 23.2 Å². The predicted octanol–water partition coefficient (Wildman–Crippen LogP) is 2.84. The third kappa shape index (κ3) is 3.88. The number of nitrogens with zero attached hydrogens (tertiary/aromatic N) is 4. The van der Waals surface area contributed by atoms with Crippen molar-refractivity contribution in [1.29, 1.82) is 0 Å². The average Bonchev–Trinajstić information content (AvgIpc) is 3.30. The SMILES string of the molecule is CC(C)CCn1c(=O)c2sccc2n2c(=O)n(CC(=O)Nc3ccc(F)c(F)c3)nc12. The highest BCUT2D eigenvalue weighted by Crippen LogP contribution is 2.18. The van der Waals surface area contributed by atoms with Crippen LogP contribution < -0.4 is 16.6 Å². The number of nitrogens with one attached hydrogen (secondary N) is 1. The minimum atomic E-state index is -1.10. The molecule has 0 saturated carbocycles. The molecule has 3 heterocycles. The first-order valence-electron chi connectivity index (χ1n) is 9.60. The molecule has 0 bridgehead atoms. The highest BCUT2D eigenvalue weighted by molar-refractivity contribution is 7.17. The first-order valence-corrected chi connectivity index (χ1v) is 10.5. The largest absolute Gasteiger partial charge is 0.352 e. The molecule has 0 atom stereocenters. The summed E-state index contributed by atoms with van der Waals surface area (Å²) in [5.41, 5.74) is -0.323. The van der Waals surface area contributed by atoms with Gasteiger partial charge in [-0.15, -0.1) is 16.4 Å². The molecule has 4 aromatic rings. The third-order valence-corrected chi connectivity index (χ3v) is 5.71. The summed E-state index contributed by atoms with van der Waals surface area (Å²) in [5.74, 6) is -2.29. The number of hydrogen-bond donors (Lipinski definition) is 1. The van der Waals surface area contributed by atoms with E-state index in [1.165, 1.54) is 26.4 Å². The van der Waals surface area contributed by atoms with Crippen molar-refractivity contribution >= 4 is 38.9 Å². The zero-order valence-electron chi connectivity index (χ0n) is 16.8. The highest BCUT2D eigenvalue weighted by atomic mass is 32.1. The molecule has 0 spiro atoms. The Kier molecular flexibility index (Phi) is 5.44. The van der Waals surface area contributed by atoms with E-state index in [2.05, 4.69) is 10.4 Å². The molecule has 0 unspecified atom stereocenters. The molecule has 1 amide bonds. The molecule has 3 aromatic heterocycles. The number of thiophene rings is 1. The Morgan fingerprint density at radius 1 is 1.19 bits per heavy atom. The zero-order chi connectivity index (χ0) is 22.3. The molecule has 1 aromatic carbocycles. The van der Waals surface area contributed by atoms with E-state index in [-0.39, 0.29) is 17.0 Å². The molecule has 31 heavy (non-hydrogen) atoms. The molecule has 4 rings (SSSR count). The van der Waals surface area contributed by atoms with Gasteiger partial charge in [-0.05, 0) is 35.9 Å². The number of carbonyl (C=O) groups excluding carboxylic acids is 1. The Morgan fingerprint density at radius 2 is 1.97 bits per heavy atom. The summed E-state index contributed by atoms with van der Waals surface area (Å²) < 4.78 is 30.6. The number of anilines is 1. The fourth-order valence-electron chi connectivity index (χ4n) is 3.24. The fourth-order valence-corrected chi connectivity index (χ4v) is 4.06. The van der Waals surface area contributed by atoms with Crippen molar-refractivity contribution in [2.45, 2.75) is 33.4 Å². The lowest BCUT2D eigenvalue weighted by Crippen LogP contribution is -2.29. The van der Waals surface area contributed by atoms with Crippen molar-refractivity contribution in [2.75, 3.05) is 5.32 Å². The molecular formula is C20H19F2N5O3S. The van der Waals surface area contributed by atoms with Crippen molar-refractivity contribution in [3.63, 3.8) is 0 Å². The molecule has 0 aliphatic heterocycles. The first kappa shape index (κ1) is 20.9. The van der Waals surface area contributed by atoms with Crippen molar-refractivity contribution in [2.24, 2.45) is 5.92 Å². The van der Waals surface area contributed by atoms with Gasteiger partial charge in [-0.2, -0.15) is 0 Å². The number of rotatable bonds is 6. The minimum Gasteiger partial charge on any atom is -0.324 e. The van der Waals surface area contributed by atoms with Gasteiger partial charge in [0.1, 0.15) is 11.2 Å².